The molecule has 1 fully saturated rings. The van der Waals surface area contributed by atoms with E-state index in [9.17, 15) is 0 Å². The number of hydrogen-bond donors (Lipinski definition) is 2. The first-order valence-electron chi connectivity index (χ1n) is 7.84. The second-order valence-electron chi connectivity index (χ2n) is 6.03. The average Bonchev–Trinajstić information content (AvgIpc) is 3.08. The summed E-state index contributed by atoms with van der Waals surface area (Å²) in [4.78, 5) is 1.46. The van der Waals surface area contributed by atoms with Gasteiger partial charge in [0, 0.05) is 21.0 Å². The summed E-state index contributed by atoms with van der Waals surface area (Å²) in [5, 5.41) is 4.38. The zero-order chi connectivity index (χ0) is 14.9. The van der Waals surface area contributed by atoms with Crippen LogP contribution in [0, 0.1) is 0 Å². The second kappa shape index (κ2) is 6.23. The summed E-state index contributed by atoms with van der Waals surface area (Å²) in [7, 11) is 0. The van der Waals surface area contributed by atoms with E-state index in [0.29, 0.717) is 0 Å². The number of nitrogens with two attached hydrogens (primary N) is 1. The molecule has 0 bridgehead atoms. The van der Waals surface area contributed by atoms with Crippen LogP contribution in [-0.4, -0.2) is 5.50 Å². The summed E-state index contributed by atoms with van der Waals surface area (Å²) in [6, 6.07) is 8.42. The Balaban J connectivity index is 2.04. The van der Waals surface area contributed by atoms with E-state index in [4.69, 9.17) is 17.3 Å². The van der Waals surface area contributed by atoms with Crippen molar-refractivity contribution >= 4 is 23.4 Å². The average molecular weight is 323 g/mol. The molecule has 0 saturated heterocycles. The SMILES string of the molecule is CCCC1=C(C2(c3ccc(Cl)cc3)CCCC2)NC(N)S1. The molecule has 114 valence electrons. The second-order valence-corrected chi connectivity index (χ2v) is 7.70. The molecule has 1 heterocycles. The molecule has 1 aliphatic carbocycles. The molecule has 3 rings (SSSR count). The van der Waals surface area contributed by atoms with Crippen LogP contribution < -0.4 is 11.1 Å². The Kier molecular flexibility index (Phi) is 4.53. The van der Waals surface area contributed by atoms with Gasteiger partial charge in [0.25, 0.3) is 0 Å². The first kappa shape index (κ1) is 15.3. The van der Waals surface area contributed by atoms with Gasteiger partial charge in [-0.3, -0.25) is 0 Å². The van der Waals surface area contributed by atoms with Crippen molar-refractivity contribution in [3.8, 4) is 0 Å². The standard InChI is InChI=1S/C17H23ClN2S/c1-2-5-14-15(20-16(19)21-14)17(10-3-4-11-17)12-6-8-13(18)9-7-12/h6-9,16,20H,2-5,10-11,19H2,1H3. The van der Waals surface area contributed by atoms with E-state index in [0.717, 1.165) is 17.9 Å². The van der Waals surface area contributed by atoms with E-state index in [1.807, 2.05) is 12.1 Å². The highest BCUT2D eigenvalue weighted by molar-refractivity contribution is 8.03. The molecule has 3 N–H and O–H groups in total. The third kappa shape index (κ3) is 2.84. The molecule has 1 unspecified atom stereocenters. The molecule has 1 atom stereocenters. The van der Waals surface area contributed by atoms with Crippen molar-refractivity contribution in [1.82, 2.24) is 5.32 Å². The molecule has 0 aromatic heterocycles. The van der Waals surface area contributed by atoms with Gasteiger partial charge in [0.1, 0.15) is 5.50 Å². The first-order chi connectivity index (χ1) is 10.2. The third-order valence-electron chi connectivity index (χ3n) is 4.64. The monoisotopic (exact) mass is 322 g/mol. The normalized spacial score (nSPS) is 24.4. The maximum atomic E-state index is 6.16. The minimum absolute atomic E-state index is 0.00586. The van der Waals surface area contributed by atoms with Gasteiger partial charge < -0.3 is 11.1 Å². The first-order valence-corrected chi connectivity index (χ1v) is 9.10. The van der Waals surface area contributed by atoms with Gasteiger partial charge in [0.2, 0.25) is 0 Å². The number of nitrogens with one attached hydrogen (secondary N) is 1. The number of allylic oxidation sites excluding steroid dienone is 2. The topological polar surface area (TPSA) is 38.0 Å². The van der Waals surface area contributed by atoms with Crippen LogP contribution in [0.15, 0.2) is 34.9 Å². The van der Waals surface area contributed by atoms with Crippen LogP contribution in [-0.2, 0) is 5.41 Å². The van der Waals surface area contributed by atoms with Crippen LogP contribution in [0.4, 0.5) is 0 Å². The molecule has 1 saturated carbocycles. The predicted octanol–water partition coefficient (Wildman–Crippen LogP) is 4.74. The molecule has 0 radical (unpaired) electrons. The molecule has 4 heteroatoms. The fraction of sp³-hybridized carbons (Fsp3) is 0.529. The Bertz CT molecular complexity index is 532. The smallest absolute Gasteiger partial charge is 0.127 e. The maximum absolute atomic E-state index is 6.16. The van der Waals surface area contributed by atoms with Crippen LogP contribution in [0.25, 0.3) is 0 Å². The van der Waals surface area contributed by atoms with E-state index in [2.05, 4.69) is 24.4 Å². The molecule has 21 heavy (non-hydrogen) atoms. The largest absolute Gasteiger partial charge is 0.363 e. The highest BCUT2D eigenvalue weighted by Crippen LogP contribution is 2.51. The molecule has 2 aliphatic rings. The zero-order valence-corrected chi connectivity index (χ0v) is 14.1. The van der Waals surface area contributed by atoms with Gasteiger partial charge in [-0.1, -0.05) is 61.7 Å². The minimum Gasteiger partial charge on any atom is -0.363 e. The Morgan fingerprint density at radius 2 is 1.95 bits per heavy atom. The van der Waals surface area contributed by atoms with Gasteiger partial charge in [-0.2, -0.15) is 0 Å². The van der Waals surface area contributed by atoms with Crippen LogP contribution in [0.3, 0.4) is 0 Å². The third-order valence-corrected chi connectivity index (χ3v) is 5.96. The molecule has 0 spiro atoms. The van der Waals surface area contributed by atoms with Crippen molar-refractivity contribution in [1.29, 1.82) is 0 Å². The van der Waals surface area contributed by atoms with Crippen molar-refractivity contribution in [3.63, 3.8) is 0 Å². The number of benzene rings is 1. The molecule has 2 nitrogen and oxygen atoms in total. The minimum atomic E-state index is 0.00586. The van der Waals surface area contributed by atoms with E-state index >= 15 is 0 Å². The van der Waals surface area contributed by atoms with E-state index in [1.54, 1.807) is 11.8 Å². The summed E-state index contributed by atoms with van der Waals surface area (Å²) in [5.74, 6) is 0. The van der Waals surface area contributed by atoms with Crippen LogP contribution in [0.5, 0.6) is 0 Å². The van der Waals surface area contributed by atoms with E-state index in [-0.39, 0.29) is 10.9 Å². The highest BCUT2D eigenvalue weighted by Gasteiger charge is 2.43. The van der Waals surface area contributed by atoms with Crippen molar-refractivity contribution < 1.29 is 0 Å². The molecule has 1 aromatic carbocycles. The fourth-order valence-corrected chi connectivity index (χ4v) is 5.01. The number of hydrogen-bond acceptors (Lipinski definition) is 3. The fourth-order valence-electron chi connectivity index (χ4n) is 3.71. The van der Waals surface area contributed by atoms with Gasteiger partial charge in [-0.05, 0) is 37.0 Å². The lowest BCUT2D eigenvalue weighted by Crippen LogP contribution is -2.38. The molecule has 0 amide bonds. The lowest BCUT2D eigenvalue weighted by atomic mass is 9.75. The lowest BCUT2D eigenvalue weighted by Gasteiger charge is -2.33. The van der Waals surface area contributed by atoms with Crippen LogP contribution in [0.2, 0.25) is 5.02 Å². The summed E-state index contributed by atoms with van der Waals surface area (Å²) in [6.45, 7) is 2.23. The van der Waals surface area contributed by atoms with Gasteiger partial charge in [-0.15, -0.1) is 0 Å². The van der Waals surface area contributed by atoms with Gasteiger partial charge in [0.05, 0.1) is 0 Å². The number of thioether (sulfide) groups is 1. The molecule has 1 aromatic rings. The van der Waals surface area contributed by atoms with E-state index < -0.39 is 0 Å². The van der Waals surface area contributed by atoms with E-state index in [1.165, 1.54) is 41.8 Å². The molecular formula is C17H23ClN2S. The van der Waals surface area contributed by atoms with Gasteiger partial charge >= 0.3 is 0 Å². The van der Waals surface area contributed by atoms with Crippen molar-refractivity contribution in [2.75, 3.05) is 0 Å². The maximum Gasteiger partial charge on any atom is 0.127 e. The zero-order valence-electron chi connectivity index (χ0n) is 12.5. The Morgan fingerprint density at radius 1 is 1.29 bits per heavy atom. The summed E-state index contributed by atoms with van der Waals surface area (Å²) < 4.78 is 0. The van der Waals surface area contributed by atoms with Crippen LogP contribution >= 0.6 is 23.4 Å². The summed E-state index contributed by atoms with van der Waals surface area (Å²) in [6.07, 6.45) is 7.27. The quantitative estimate of drug-likeness (QED) is 0.840. The lowest BCUT2D eigenvalue weighted by molar-refractivity contribution is 0.477. The number of halogens is 1. The van der Waals surface area contributed by atoms with Crippen molar-refractivity contribution in [2.45, 2.75) is 56.4 Å². The van der Waals surface area contributed by atoms with Crippen molar-refractivity contribution in [2.24, 2.45) is 5.73 Å². The van der Waals surface area contributed by atoms with Gasteiger partial charge in [-0.25, -0.2) is 0 Å². The van der Waals surface area contributed by atoms with Crippen molar-refractivity contribution in [3.05, 3.63) is 45.5 Å². The highest BCUT2D eigenvalue weighted by atomic mass is 35.5. The Labute approximate surface area is 136 Å². The Hall–Kier alpha value is -0.640. The van der Waals surface area contributed by atoms with Crippen LogP contribution in [0.1, 0.15) is 51.0 Å². The van der Waals surface area contributed by atoms with Gasteiger partial charge in [0.15, 0.2) is 0 Å². The predicted molar refractivity (Wildman–Crippen MR) is 92.2 cm³/mol. The Morgan fingerprint density at radius 3 is 2.57 bits per heavy atom. The molecule has 1 aliphatic heterocycles. The molecular weight excluding hydrogens is 300 g/mol. The summed E-state index contributed by atoms with van der Waals surface area (Å²) >= 11 is 7.87. The summed E-state index contributed by atoms with van der Waals surface area (Å²) in [5.41, 5.74) is 9.07. The number of rotatable bonds is 4.